The van der Waals surface area contributed by atoms with Gasteiger partial charge in [0.1, 0.15) is 0 Å². The molecule has 2 nitrogen and oxygen atoms in total. The molecule has 0 aliphatic carbocycles. The Kier molecular flexibility index (Phi) is 3.43. The van der Waals surface area contributed by atoms with Crippen LogP contribution in [0.1, 0.15) is 5.69 Å². The van der Waals surface area contributed by atoms with E-state index in [9.17, 15) is 0 Å². The van der Waals surface area contributed by atoms with Crippen LogP contribution in [0, 0.1) is 12.3 Å². The van der Waals surface area contributed by atoms with E-state index in [1.807, 2.05) is 35.7 Å². The molecule has 0 radical (unpaired) electrons. The van der Waals surface area contributed by atoms with Gasteiger partial charge in [-0.1, -0.05) is 0 Å². The van der Waals surface area contributed by atoms with Crippen molar-refractivity contribution < 1.29 is 28.7 Å². The van der Waals surface area contributed by atoms with E-state index in [1.165, 1.54) is 0 Å². The number of nitrogens with zero attached hydrogens (tertiary/aromatic N) is 2. The molecule has 0 fully saturated rings. The third-order valence-corrected chi connectivity index (χ3v) is 1.42. The summed E-state index contributed by atoms with van der Waals surface area (Å²) in [6.07, 6.45) is 7.11. The van der Waals surface area contributed by atoms with Gasteiger partial charge in [-0.2, -0.15) is 0 Å². The van der Waals surface area contributed by atoms with Crippen LogP contribution in [-0.2, 0) is 14.1 Å². The highest BCUT2D eigenvalue weighted by Gasteiger charge is 2.01. The maximum absolute atomic E-state index is 5.18. The lowest BCUT2D eigenvalue weighted by atomic mass is 10.5. The summed E-state index contributed by atoms with van der Waals surface area (Å²) in [5.41, 5.74) is 0.900. The third kappa shape index (κ3) is 1.51. The number of hydrogen-bond donors (Lipinski definition) is 0. The third-order valence-electron chi connectivity index (χ3n) is 1.42. The van der Waals surface area contributed by atoms with Gasteiger partial charge in [-0.15, -0.1) is 15.8 Å². The molecule has 0 amide bonds. The molecule has 1 heterocycles. The van der Waals surface area contributed by atoms with Gasteiger partial charge in [0.15, 0.2) is 18.9 Å². The molecule has 0 saturated heterocycles. The van der Waals surface area contributed by atoms with Crippen molar-refractivity contribution in [3.05, 3.63) is 18.0 Å². The Morgan fingerprint density at radius 2 is 2.30 bits per heavy atom. The Balaban J connectivity index is 0.000000810. The predicted molar refractivity (Wildman–Crippen MR) is 34.5 cm³/mol. The van der Waals surface area contributed by atoms with Crippen LogP contribution in [0.2, 0.25) is 0 Å². The number of aryl methyl sites for hydroxylation is 1. The second-order valence-corrected chi connectivity index (χ2v) is 1.94. The van der Waals surface area contributed by atoms with Gasteiger partial charge in [0, 0.05) is 6.07 Å². The van der Waals surface area contributed by atoms with Crippen LogP contribution in [0.4, 0.5) is 0 Å². The molecular weight excluding hydrogens is 239 g/mol. The molecule has 0 unspecified atom stereocenters. The van der Waals surface area contributed by atoms with Gasteiger partial charge < -0.3 is 24.0 Å². The van der Waals surface area contributed by atoms with E-state index in [0.717, 1.165) is 5.69 Å². The molecule has 0 spiro atoms. The SMILES string of the molecule is C#Cc1cc[n+](C)n1C.[I-]. The second kappa shape index (κ2) is 3.62. The molecule has 3 heteroatoms. The number of aromatic nitrogens is 2. The summed E-state index contributed by atoms with van der Waals surface area (Å²) < 4.78 is 3.83. The van der Waals surface area contributed by atoms with E-state index >= 15 is 0 Å². The lowest BCUT2D eigenvalue weighted by molar-refractivity contribution is -0.751. The molecular formula is C7H9IN2. The maximum atomic E-state index is 5.18. The van der Waals surface area contributed by atoms with Gasteiger partial charge >= 0.3 is 0 Å². The highest BCUT2D eigenvalue weighted by molar-refractivity contribution is 5.20. The average Bonchev–Trinajstić information content (AvgIpc) is 2.15. The monoisotopic (exact) mass is 248 g/mol. The Bertz CT molecular complexity index is 257. The fourth-order valence-electron chi connectivity index (χ4n) is 0.698. The van der Waals surface area contributed by atoms with Crippen molar-refractivity contribution in [1.82, 2.24) is 4.68 Å². The maximum Gasteiger partial charge on any atom is 0.196 e. The first-order chi connectivity index (χ1) is 4.25. The zero-order valence-corrected chi connectivity index (χ0v) is 8.16. The molecule has 1 rings (SSSR count). The van der Waals surface area contributed by atoms with E-state index in [2.05, 4.69) is 5.92 Å². The summed E-state index contributed by atoms with van der Waals surface area (Å²) in [5, 5.41) is 0. The molecule has 0 bridgehead atoms. The Morgan fingerprint density at radius 3 is 2.50 bits per heavy atom. The Hall–Kier alpha value is -0.500. The molecule has 0 aliphatic rings. The quantitative estimate of drug-likeness (QED) is 0.260. The minimum Gasteiger partial charge on any atom is -1.00 e. The van der Waals surface area contributed by atoms with Crippen LogP contribution in [-0.4, -0.2) is 4.68 Å². The van der Waals surface area contributed by atoms with Crippen molar-refractivity contribution in [1.29, 1.82) is 0 Å². The van der Waals surface area contributed by atoms with Crippen molar-refractivity contribution in [2.45, 2.75) is 0 Å². The van der Waals surface area contributed by atoms with Crippen LogP contribution < -0.4 is 28.7 Å². The van der Waals surface area contributed by atoms with Gasteiger partial charge in [0.05, 0.1) is 7.05 Å². The number of rotatable bonds is 0. The molecule has 0 atom stereocenters. The summed E-state index contributed by atoms with van der Waals surface area (Å²) in [6, 6.07) is 1.90. The first-order valence-electron chi connectivity index (χ1n) is 2.74. The summed E-state index contributed by atoms with van der Waals surface area (Å²) in [7, 11) is 3.87. The molecule has 54 valence electrons. The lowest BCUT2D eigenvalue weighted by Crippen LogP contribution is -3.00. The summed E-state index contributed by atoms with van der Waals surface area (Å²) in [6.45, 7) is 0. The lowest BCUT2D eigenvalue weighted by Gasteiger charge is -1.87. The summed E-state index contributed by atoms with van der Waals surface area (Å²) in [4.78, 5) is 0. The molecule has 1 aromatic rings. The zero-order valence-electron chi connectivity index (χ0n) is 6.00. The minimum absolute atomic E-state index is 0. The van der Waals surface area contributed by atoms with Crippen LogP contribution in [0.15, 0.2) is 12.3 Å². The number of hydrogen-bond acceptors (Lipinski definition) is 0. The standard InChI is InChI=1S/C7H9N2.HI/c1-4-7-5-6-8(2)9(7)3;/h1,5-6H,2-3H3;1H/q+1;/p-1. The van der Waals surface area contributed by atoms with E-state index in [1.54, 1.807) is 0 Å². The van der Waals surface area contributed by atoms with Gasteiger partial charge in [-0.25, -0.2) is 0 Å². The predicted octanol–water partition coefficient (Wildman–Crippen LogP) is -3.17. The normalized spacial score (nSPS) is 8.10. The smallest absolute Gasteiger partial charge is 0.196 e. The summed E-state index contributed by atoms with van der Waals surface area (Å²) >= 11 is 0. The largest absolute Gasteiger partial charge is 1.00 e. The van der Waals surface area contributed by atoms with Crippen molar-refractivity contribution in [3.8, 4) is 12.3 Å². The van der Waals surface area contributed by atoms with Crippen molar-refractivity contribution in [2.75, 3.05) is 0 Å². The van der Waals surface area contributed by atoms with E-state index in [-0.39, 0.29) is 24.0 Å². The fourth-order valence-corrected chi connectivity index (χ4v) is 0.698. The van der Waals surface area contributed by atoms with Gasteiger partial charge in [0.2, 0.25) is 0 Å². The molecule has 0 aromatic carbocycles. The molecule has 0 N–H and O–H groups in total. The highest BCUT2D eigenvalue weighted by Crippen LogP contribution is 1.88. The topological polar surface area (TPSA) is 8.81 Å². The molecule has 10 heavy (non-hydrogen) atoms. The van der Waals surface area contributed by atoms with Crippen LogP contribution in [0.25, 0.3) is 0 Å². The van der Waals surface area contributed by atoms with Crippen LogP contribution >= 0.6 is 0 Å². The first-order valence-corrected chi connectivity index (χ1v) is 2.74. The van der Waals surface area contributed by atoms with Crippen LogP contribution in [0.3, 0.4) is 0 Å². The average molecular weight is 248 g/mol. The van der Waals surface area contributed by atoms with E-state index < -0.39 is 0 Å². The summed E-state index contributed by atoms with van der Waals surface area (Å²) in [5.74, 6) is 2.56. The minimum atomic E-state index is 0. The van der Waals surface area contributed by atoms with Crippen molar-refractivity contribution in [3.63, 3.8) is 0 Å². The van der Waals surface area contributed by atoms with E-state index in [4.69, 9.17) is 6.42 Å². The van der Waals surface area contributed by atoms with Gasteiger partial charge in [-0.05, 0) is 5.92 Å². The van der Waals surface area contributed by atoms with Gasteiger partial charge in [0.25, 0.3) is 0 Å². The van der Waals surface area contributed by atoms with Crippen molar-refractivity contribution >= 4 is 0 Å². The Labute approximate surface area is 77.9 Å². The Morgan fingerprint density at radius 1 is 1.70 bits per heavy atom. The molecule has 0 aliphatic heterocycles. The van der Waals surface area contributed by atoms with E-state index in [0.29, 0.717) is 0 Å². The molecule has 1 aromatic heterocycles. The zero-order chi connectivity index (χ0) is 6.85. The number of terminal acetylenes is 1. The number of halogens is 1. The first kappa shape index (κ1) is 9.50. The molecule has 0 saturated carbocycles. The second-order valence-electron chi connectivity index (χ2n) is 1.94. The van der Waals surface area contributed by atoms with Gasteiger partial charge in [-0.3, -0.25) is 0 Å². The van der Waals surface area contributed by atoms with Crippen LogP contribution in [0.5, 0.6) is 0 Å². The fraction of sp³-hybridized carbons (Fsp3) is 0.286. The highest BCUT2D eigenvalue weighted by atomic mass is 127. The van der Waals surface area contributed by atoms with Crippen molar-refractivity contribution in [2.24, 2.45) is 14.1 Å².